The summed E-state index contributed by atoms with van der Waals surface area (Å²) in [4.78, 5) is 3.11. The number of rotatable bonds is 2. The molecule has 0 aliphatic carbocycles. The SMILES string of the molecule is Cl.NC(N)=N/N=C/c1ccc2[nH]ccc2c1. The topological polar surface area (TPSA) is 92.6 Å². The summed E-state index contributed by atoms with van der Waals surface area (Å²) in [5.74, 6) is -0.0472. The molecule has 0 fully saturated rings. The van der Waals surface area contributed by atoms with Crippen molar-refractivity contribution in [3.8, 4) is 0 Å². The van der Waals surface area contributed by atoms with E-state index in [4.69, 9.17) is 11.5 Å². The lowest BCUT2D eigenvalue weighted by Gasteiger charge is -1.92. The van der Waals surface area contributed by atoms with E-state index < -0.39 is 0 Å². The van der Waals surface area contributed by atoms with E-state index in [2.05, 4.69) is 15.2 Å². The van der Waals surface area contributed by atoms with Crippen molar-refractivity contribution in [3.05, 3.63) is 36.0 Å². The second-order valence-electron chi connectivity index (χ2n) is 3.09. The van der Waals surface area contributed by atoms with Crippen LogP contribution in [0.1, 0.15) is 5.56 Å². The number of guanidine groups is 1. The number of halogens is 1. The van der Waals surface area contributed by atoms with Gasteiger partial charge in [-0.25, -0.2) is 0 Å². The lowest BCUT2D eigenvalue weighted by molar-refractivity contribution is 1.22. The zero-order valence-electron chi connectivity index (χ0n) is 8.42. The van der Waals surface area contributed by atoms with Crippen LogP contribution in [0, 0.1) is 0 Å². The third-order valence-corrected chi connectivity index (χ3v) is 1.96. The molecule has 0 aliphatic heterocycles. The molecule has 2 rings (SSSR count). The van der Waals surface area contributed by atoms with Gasteiger partial charge in [0.2, 0.25) is 5.96 Å². The first kappa shape index (κ1) is 12.1. The zero-order chi connectivity index (χ0) is 10.7. The van der Waals surface area contributed by atoms with Gasteiger partial charge in [0.25, 0.3) is 0 Å². The van der Waals surface area contributed by atoms with Gasteiger partial charge in [0.15, 0.2) is 0 Å². The van der Waals surface area contributed by atoms with Gasteiger partial charge >= 0.3 is 0 Å². The number of aromatic amines is 1. The van der Waals surface area contributed by atoms with Crippen LogP contribution in [0.4, 0.5) is 0 Å². The molecule has 0 amide bonds. The van der Waals surface area contributed by atoms with Crippen molar-refractivity contribution in [3.63, 3.8) is 0 Å². The van der Waals surface area contributed by atoms with Crippen LogP contribution in [-0.2, 0) is 0 Å². The van der Waals surface area contributed by atoms with Crippen LogP contribution in [-0.4, -0.2) is 17.2 Å². The molecule has 0 saturated heterocycles. The molecular formula is C10H12ClN5. The molecule has 5 N–H and O–H groups in total. The molecule has 84 valence electrons. The largest absolute Gasteiger partial charge is 0.369 e. The van der Waals surface area contributed by atoms with Crippen LogP contribution in [0.3, 0.4) is 0 Å². The van der Waals surface area contributed by atoms with Gasteiger partial charge in [-0.1, -0.05) is 6.07 Å². The van der Waals surface area contributed by atoms with Crippen molar-refractivity contribution in [1.82, 2.24) is 4.98 Å². The summed E-state index contributed by atoms with van der Waals surface area (Å²) in [6.45, 7) is 0. The Bertz CT molecular complexity index is 525. The van der Waals surface area contributed by atoms with Crippen LogP contribution in [0.15, 0.2) is 40.7 Å². The molecule has 0 atom stereocenters. The molecule has 0 saturated carbocycles. The maximum atomic E-state index is 5.14. The molecule has 0 unspecified atom stereocenters. The fraction of sp³-hybridized carbons (Fsp3) is 0. The van der Waals surface area contributed by atoms with E-state index in [1.54, 1.807) is 6.21 Å². The summed E-state index contributed by atoms with van der Waals surface area (Å²) in [6.07, 6.45) is 3.49. The predicted molar refractivity (Wildman–Crippen MR) is 69.0 cm³/mol. The Hall–Kier alpha value is -2.01. The fourth-order valence-electron chi connectivity index (χ4n) is 1.31. The van der Waals surface area contributed by atoms with Crippen molar-refractivity contribution >= 4 is 35.5 Å². The molecular weight excluding hydrogens is 226 g/mol. The van der Waals surface area contributed by atoms with Gasteiger partial charge < -0.3 is 16.5 Å². The Labute approximate surface area is 98.6 Å². The second-order valence-corrected chi connectivity index (χ2v) is 3.09. The summed E-state index contributed by atoms with van der Waals surface area (Å²) in [5.41, 5.74) is 12.3. The Morgan fingerprint density at radius 2 is 2.06 bits per heavy atom. The molecule has 0 bridgehead atoms. The average Bonchev–Trinajstić information content (AvgIpc) is 2.64. The van der Waals surface area contributed by atoms with Crippen molar-refractivity contribution in [2.75, 3.05) is 0 Å². The number of benzene rings is 1. The van der Waals surface area contributed by atoms with Crippen molar-refractivity contribution in [2.45, 2.75) is 0 Å². The number of H-pyrrole nitrogens is 1. The molecule has 0 radical (unpaired) electrons. The maximum absolute atomic E-state index is 5.14. The minimum Gasteiger partial charge on any atom is -0.369 e. The number of fused-ring (bicyclic) bond motifs is 1. The number of hydrogen-bond donors (Lipinski definition) is 3. The maximum Gasteiger partial charge on any atom is 0.211 e. The second kappa shape index (κ2) is 5.18. The molecule has 6 heteroatoms. The normalized spacial score (nSPS) is 10.2. The monoisotopic (exact) mass is 237 g/mol. The van der Waals surface area contributed by atoms with Crippen LogP contribution in [0.2, 0.25) is 0 Å². The van der Waals surface area contributed by atoms with Crippen molar-refractivity contribution in [2.24, 2.45) is 21.7 Å². The van der Waals surface area contributed by atoms with E-state index in [1.807, 2.05) is 30.5 Å². The van der Waals surface area contributed by atoms with Gasteiger partial charge in [-0.2, -0.15) is 5.10 Å². The zero-order valence-corrected chi connectivity index (χ0v) is 9.24. The van der Waals surface area contributed by atoms with Crippen LogP contribution in [0.5, 0.6) is 0 Å². The predicted octanol–water partition coefficient (Wildman–Crippen LogP) is 1.20. The van der Waals surface area contributed by atoms with E-state index in [0.29, 0.717) is 0 Å². The summed E-state index contributed by atoms with van der Waals surface area (Å²) >= 11 is 0. The van der Waals surface area contributed by atoms with E-state index >= 15 is 0 Å². The molecule has 1 aromatic heterocycles. The van der Waals surface area contributed by atoms with E-state index in [1.165, 1.54) is 0 Å². The summed E-state index contributed by atoms with van der Waals surface area (Å²) < 4.78 is 0. The first-order valence-corrected chi connectivity index (χ1v) is 4.45. The molecule has 1 heterocycles. The number of nitrogens with two attached hydrogens (primary N) is 2. The van der Waals surface area contributed by atoms with Gasteiger partial charge in [-0.05, 0) is 29.1 Å². The minimum absolute atomic E-state index is 0. The number of nitrogens with one attached hydrogen (secondary N) is 1. The highest BCUT2D eigenvalue weighted by atomic mass is 35.5. The van der Waals surface area contributed by atoms with Gasteiger partial charge in [-0.3, -0.25) is 0 Å². The van der Waals surface area contributed by atoms with E-state index in [-0.39, 0.29) is 18.4 Å². The Kier molecular flexibility index (Phi) is 3.90. The molecule has 16 heavy (non-hydrogen) atoms. The van der Waals surface area contributed by atoms with Gasteiger partial charge in [0.1, 0.15) is 0 Å². The quantitative estimate of drug-likeness (QED) is 0.416. The van der Waals surface area contributed by atoms with Crippen molar-refractivity contribution < 1.29 is 0 Å². The summed E-state index contributed by atoms with van der Waals surface area (Å²) in [5, 5.41) is 8.38. The first-order chi connectivity index (χ1) is 7.25. The Morgan fingerprint density at radius 3 is 2.81 bits per heavy atom. The number of aromatic nitrogens is 1. The molecule has 0 aliphatic rings. The number of hydrogen-bond acceptors (Lipinski definition) is 2. The van der Waals surface area contributed by atoms with Crippen LogP contribution in [0.25, 0.3) is 10.9 Å². The lowest BCUT2D eigenvalue weighted by Crippen LogP contribution is -2.21. The third-order valence-electron chi connectivity index (χ3n) is 1.96. The van der Waals surface area contributed by atoms with Crippen LogP contribution >= 0.6 is 12.4 Å². The van der Waals surface area contributed by atoms with Gasteiger partial charge in [0, 0.05) is 11.7 Å². The smallest absolute Gasteiger partial charge is 0.211 e. The van der Waals surface area contributed by atoms with Crippen molar-refractivity contribution in [1.29, 1.82) is 0 Å². The number of nitrogens with zero attached hydrogens (tertiary/aromatic N) is 2. The average molecular weight is 238 g/mol. The van der Waals surface area contributed by atoms with Gasteiger partial charge in [-0.15, -0.1) is 17.5 Å². The molecule has 0 spiro atoms. The van der Waals surface area contributed by atoms with Gasteiger partial charge in [0.05, 0.1) is 6.21 Å². The van der Waals surface area contributed by atoms with E-state index in [9.17, 15) is 0 Å². The minimum atomic E-state index is -0.0472. The summed E-state index contributed by atoms with van der Waals surface area (Å²) in [6, 6.07) is 7.90. The molecule has 1 aromatic carbocycles. The molecule has 2 aromatic rings. The highest BCUT2D eigenvalue weighted by molar-refractivity contribution is 5.89. The Morgan fingerprint density at radius 1 is 1.25 bits per heavy atom. The first-order valence-electron chi connectivity index (χ1n) is 4.45. The van der Waals surface area contributed by atoms with E-state index in [0.717, 1.165) is 16.5 Å². The summed E-state index contributed by atoms with van der Waals surface area (Å²) in [7, 11) is 0. The molecule has 5 nitrogen and oxygen atoms in total. The fourth-order valence-corrected chi connectivity index (χ4v) is 1.31. The lowest BCUT2D eigenvalue weighted by atomic mass is 10.2. The Balaban J connectivity index is 0.00000128. The van der Waals surface area contributed by atoms with Crippen LogP contribution < -0.4 is 11.5 Å². The third kappa shape index (κ3) is 2.74. The highest BCUT2D eigenvalue weighted by Gasteiger charge is 1.94. The highest BCUT2D eigenvalue weighted by Crippen LogP contribution is 2.12. The standard InChI is InChI=1S/C10H11N5.ClH/c11-10(12)15-14-6-7-1-2-9-8(5-7)3-4-13-9;/h1-6,13H,(H4,11,12,15);1H/b14-6+;.